The molecule has 4 heteroatoms. The number of methoxy groups -OCH3 is 2. The van der Waals surface area contributed by atoms with E-state index in [1.165, 1.54) is 11.6 Å². The summed E-state index contributed by atoms with van der Waals surface area (Å²) in [6.07, 6.45) is 1.07. The number of nitrogens with one attached hydrogen (secondary N) is 1. The van der Waals surface area contributed by atoms with Gasteiger partial charge in [0.25, 0.3) is 0 Å². The Hall–Kier alpha value is -2.07. The second kappa shape index (κ2) is 7.01. The van der Waals surface area contributed by atoms with Crippen LogP contribution in [0.5, 0.6) is 11.5 Å². The monoisotopic (exact) mass is 315 g/mol. The predicted octanol–water partition coefficient (Wildman–Crippen LogP) is 3.74. The lowest BCUT2D eigenvalue weighted by molar-refractivity contribution is 0.407. The molecule has 0 radical (unpaired) electrons. The number of ether oxygens (including phenoxy) is 2. The van der Waals surface area contributed by atoms with Crippen LogP contribution >= 0.6 is 0 Å². The van der Waals surface area contributed by atoms with Crippen molar-refractivity contribution in [1.29, 1.82) is 0 Å². The van der Waals surface area contributed by atoms with E-state index in [0.717, 1.165) is 36.6 Å². The first-order chi connectivity index (χ1) is 11.2. The van der Waals surface area contributed by atoms with Gasteiger partial charge in [-0.3, -0.25) is 0 Å². The normalized spacial score (nSPS) is 19.4. The van der Waals surface area contributed by atoms with Crippen LogP contribution in [0.1, 0.15) is 23.5 Å². The van der Waals surface area contributed by atoms with Crippen LogP contribution in [0.25, 0.3) is 0 Å². The topological polar surface area (TPSA) is 30.5 Å². The minimum absolute atomic E-state index is 0.198. The molecule has 0 saturated heterocycles. The third-order valence-corrected chi connectivity index (χ3v) is 4.38. The van der Waals surface area contributed by atoms with Gasteiger partial charge in [-0.25, -0.2) is 4.39 Å². The number of hydrogen-bond acceptors (Lipinski definition) is 3. The van der Waals surface area contributed by atoms with Gasteiger partial charge in [0.2, 0.25) is 0 Å². The van der Waals surface area contributed by atoms with E-state index in [9.17, 15) is 4.39 Å². The van der Waals surface area contributed by atoms with Crippen molar-refractivity contribution in [3.05, 3.63) is 59.4 Å². The lowest BCUT2D eigenvalue weighted by Crippen LogP contribution is -2.16. The van der Waals surface area contributed by atoms with Crippen LogP contribution in [0.2, 0.25) is 0 Å². The van der Waals surface area contributed by atoms with Gasteiger partial charge in [0.15, 0.2) is 0 Å². The Bertz CT molecular complexity index is 674. The zero-order valence-electron chi connectivity index (χ0n) is 13.5. The molecule has 0 unspecified atom stereocenters. The van der Waals surface area contributed by atoms with Crippen molar-refractivity contribution in [2.24, 2.45) is 5.92 Å². The SMILES string of the molecule is COc1cccc(CNC[C@@H]2C[C@H]2c2cc(F)ccc2OC)c1. The van der Waals surface area contributed by atoms with Gasteiger partial charge in [-0.2, -0.15) is 0 Å². The zero-order chi connectivity index (χ0) is 16.2. The van der Waals surface area contributed by atoms with Gasteiger partial charge in [-0.05, 0) is 60.7 Å². The molecule has 0 amide bonds. The van der Waals surface area contributed by atoms with Gasteiger partial charge in [-0.15, -0.1) is 0 Å². The average molecular weight is 315 g/mol. The number of hydrogen-bond donors (Lipinski definition) is 1. The van der Waals surface area contributed by atoms with Crippen LogP contribution in [-0.4, -0.2) is 20.8 Å². The highest BCUT2D eigenvalue weighted by Gasteiger charge is 2.39. The van der Waals surface area contributed by atoms with Gasteiger partial charge >= 0.3 is 0 Å². The summed E-state index contributed by atoms with van der Waals surface area (Å²) >= 11 is 0. The van der Waals surface area contributed by atoms with Crippen LogP contribution < -0.4 is 14.8 Å². The lowest BCUT2D eigenvalue weighted by atomic mass is 10.1. The second-order valence-corrected chi connectivity index (χ2v) is 5.97. The zero-order valence-corrected chi connectivity index (χ0v) is 13.5. The third-order valence-electron chi connectivity index (χ3n) is 4.38. The largest absolute Gasteiger partial charge is 0.497 e. The summed E-state index contributed by atoms with van der Waals surface area (Å²) in [5, 5.41) is 3.48. The van der Waals surface area contributed by atoms with E-state index in [0.29, 0.717) is 11.8 Å². The third kappa shape index (κ3) is 3.82. The first-order valence-corrected chi connectivity index (χ1v) is 7.88. The summed E-state index contributed by atoms with van der Waals surface area (Å²) in [6.45, 7) is 1.72. The van der Waals surface area contributed by atoms with Gasteiger partial charge in [0, 0.05) is 12.1 Å². The molecule has 0 bridgehead atoms. The van der Waals surface area contributed by atoms with E-state index in [-0.39, 0.29) is 5.82 Å². The van der Waals surface area contributed by atoms with Gasteiger partial charge in [0.1, 0.15) is 17.3 Å². The standard InChI is InChI=1S/C19H22FNO2/c1-22-16-5-3-4-13(8-16)11-21-12-14-9-17(14)18-10-15(20)6-7-19(18)23-2/h3-8,10,14,17,21H,9,11-12H2,1-2H3/t14-,17+/m0/s1. The molecule has 1 N–H and O–H groups in total. The highest BCUT2D eigenvalue weighted by molar-refractivity contribution is 5.40. The molecular weight excluding hydrogens is 293 g/mol. The van der Waals surface area contributed by atoms with Gasteiger partial charge in [0.05, 0.1) is 14.2 Å². The molecule has 0 heterocycles. The Morgan fingerprint density at radius 3 is 2.78 bits per heavy atom. The molecule has 1 aliphatic carbocycles. The molecule has 2 atom stereocenters. The van der Waals surface area contributed by atoms with Crippen molar-refractivity contribution in [3.8, 4) is 11.5 Å². The Morgan fingerprint density at radius 2 is 2.00 bits per heavy atom. The van der Waals surface area contributed by atoms with E-state index >= 15 is 0 Å². The number of rotatable bonds is 7. The predicted molar refractivity (Wildman–Crippen MR) is 88.5 cm³/mol. The summed E-state index contributed by atoms with van der Waals surface area (Å²) in [7, 11) is 3.31. The van der Waals surface area contributed by atoms with Crippen LogP contribution in [0.3, 0.4) is 0 Å². The molecule has 3 rings (SSSR count). The maximum atomic E-state index is 13.5. The Balaban J connectivity index is 1.53. The lowest BCUT2D eigenvalue weighted by Gasteiger charge is -2.09. The van der Waals surface area contributed by atoms with Crippen LogP contribution in [0, 0.1) is 11.7 Å². The molecule has 2 aromatic carbocycles. The van der Waals surface area contributed by atoms with E-state index in [1.54, 1.807) is 26.4 Å². The van der Waals surface area contributed by atoms with Crippen LogP contribution in [-0.2, 0) is 6.54 Å². The first-order valence-electron chi connectivity index (χ1n) is 7.88. The molecule has 23 heavy (non-hydrogen) atoms. The fraction of sp³-hybridized carbons (Fsp3) is 0.368. The fourth-order valence-corrected chi connectivity index (χ4v) is 3.03. The molecule has 1 aliphatic rings. The molecule has 1 saturated carbocycles. The summed E-state index contributed by atoms with van der Waals surface area (Å²) in [5.74, 6) is 2.38. The molecule has 0 aliphatic heterocycles. The maximum absolute atomic E-state index is 13.5. The number of benzene rings is 2. The Morgan fingerprint density at radius 1 is 1.13 bits per heavy atom. The molecule has 0 spiro atoms. The van der Waals surface area contributed by atoms with E-state index < -0.39 is 0 Å². The highest BCUT2D eigenvalue weighted by Crippen LogP contribution is 2.50. The summed E-state index contributed by atoms with van der Waals surface area (Å²) in [4.78, 5) is 0. The Labute approximate surface area is 136 Å². The minimum Gasteiger partial charge on any atom is -0.497 e. The van der Waals surface area contributed by atoms with Crippen molar-refractivity contribution in [2.75, 3.05) is 20.8 Å². The summed E-state index contributed by atoms with van der Waals surface area (Å²) in [6, 6.07) is 12.8. The van der Waals surface area contributed by atoms with Crippen LogP contribution in [0.15, 0.2) is 42.5 Å². The molecular formula is C19H22FNO2. The van der Waals surface area contributed by atoms with Crippen molar-refractivity contribution < 1.29 is 13.9 Å². The summed E-state index contributed by atoms with van der Waals surface area (Å²) < 4.78 is 24.0. The first kappa shape index (κ1) is 15.8. The van der Waals surface area contributed by atoms with E-state index in [4.69, 9.17) is 9.47 Å². The molecule has 1 fully saturated rings. The highest BCUT2D eigenvalue weighted by atomic mass is 19.1. The number of halogens is 1. The quantitative estimate of drug-likeness (QED) is 0.844. The smallest absolute Gasteiger partial charge is 0.123 e. The van der Waals surface area contributed by atoms with E-state index in [1.807, 2.05) is 18.2 Å². The van der Waals surface area contributed by atoms with Crippen molar-refractivity contribution in [2.45, 2.75) is 18.9 Å². The van der Waals surface area contributed by atoms with Crippen molar-refractivity contribution in [3.63, 3.8) is 0 Å². The van der Waals surface area contributed by atoms with Crippen molar-refractivity contribution >= 4 is 0 Å². The maximum Gasteiger partial charge on any atom is 0.123 e. The van der Waals surface area contributed by atoms with Gasteiger partial charge in [-0.1, -0.05) is 12.1 Å². The molecule has 0 aromatic heterocycles. The average Bonchev–Trinajstić information content (AvgIpc) is 3.34. The fourth-order valence-electron chi connectivity index (χ4n) is 3.03. The van der Waals surface area contributed by atoms with E-state index in [2.05, 4.69) is 11.4 Å². The Kier molecular flexibility index (Phi) is 4.82. The molecule has 3 nitrogen and oxygen atoms in total. The van der Waals surface area contributed by atoms with Crippen LogP contribution in [0.4, 0.5) is 4.39 Å². The van der Waals surface area contributed by atoms with Gasteiger partial charge < -0.3 is 14.8 Å². The minimum atomic E-state index is -0.198. The summed E-state index contributed by atoms with van der Waals surface area (Å²) in [5.41, 5.74) is 2.19. The molecule has 122 valence electrons. The molecule has 2 aromatic rings. The van der Waals surface area contributed by atoms with Crippen molar-refractivity contribution in [1.82, 2.24) is 5.32 Å². The second-order valence-electron chi connectivity index (χ2n) is 5.97.